The van der Waals surface area contributed by atoms with E-state index < -0.39 is 0 Å². The predicted molar refractivity (Wildman–Crippen MR) is 258 cm³/mol. The minimum atomic E-state index is 0.321. The summed E-state index contributed by atoms with van der Waals surface area (Å²) in [6, 6.07) is 57.3. The first-order valence-corrected chi connectivity index (χ1v) is 21.0. The van der Waals surface area contributed by atoms with E-state index >= 15 is 0 Å². The molecule has 8 aromatic carbocycles. The number of rotatable bonds is 6. The maximum Gasteiger partial charge on any atom is 0.102 e. The van der Waals surface area contributed by atoms with Crippen LogP contribution >= 0.6 is 0 Å². The number of aryl methyl sites for hydroxylation is 5. The molecule has 0 saturated heterocycles. The fourth-order valence-corrected chi connectivity index (χ4v) is 9.63. The molecule has 0 radical (unpaired) electrons. The molecule has 0 spiro atoms. The normalized spacial score (nSPS) is 11.3. The zero-order chi connectivity index (χ0) is 43.7. The minimum absolute atomic E-state index is 0.321. The molecule has 0 amide bonds. The summed E-state index contributed by atoms with van der Waals surface area (Å²) < 4.78 is 4.48. The monoisotopic (exact) mass is 807 g/mol. The number of aromatic nitrogens is 2. The standard InChI is InChI=1S/C58H41N5/c1-34-15-19-38(5)45(27-34)46-28-35(2)16-24-42(46)39(6)55-49(32-60)56(41-22-20-40(31-59)21-23-41)50(33-61)57(58(55)63-51-13-9-7-11-43(51)44-12-8-10-14-52(44)63)62-53-25-17-36(3)29-47(53)48-30-37(4)18-26-54(48)62/h7-30H,6H2,1-5H3. The van der Waals surface area contributed by atoms with E-state index in [2.05, 4.69) is 171 Å². The summed E-state index contributed by atoms with van der Waals surface area (Å²) in [7, 11) is 0. The van der Waals surface area contributed by atoms with Crippen LogP contribution in [0.2, 0.25) is 0 Å². The van der Waals surface area contributed by atoms with E-state index in [-0.39, 0.29) is 0 Å². The molecule has 0 N–H and O–H groups in total. The zero-order valence-electron chi connectivity index (χ0n) is 35.8. The topological polar surface area (TPSA) is 81.2 Å². The van der Waals surface area contributed by atoms with E-state index in [9.17, 15) is 15.8 Å². The van der Waals surface area contributed by atoms with Gasteiger partial charge in [-0.3, -0.25) is 0 Å². The van der Waals surface area contributed by atoms with Gasteiger partial charge in [0, 0.05) is 32.7 Å². The van der Waals surface area contributed by atoms with E-state index in [1.54, 1.807) is 12.1 Å². The van der Waals surface area contributed by atoms with Crippen LogP contribution in [-0.4, -0.2) is 9.13 Å². The molecule has 0 atom stereocenters. The molecule has 0 aliphatic carbocycles. The zero-order valence-corrected chi connectivity index (χ0v) is 35.8. The van der Waals surface area contributed by atoms with E-state index in [1.165, 1.54) is 0 Å². The Labute approximate surface area is 366 Å². The highest BCUT2D eigenvalue weighted by molar-refractivity contribution is 6.14. The van der Waals surface area contributed by atoms with Crippen molar-refractivity contribution in [1.29, 1.82) is 15.8 Å². The van der Waals surface area contributed by atoms with Gasteiger partial charge in [-0.15, -0.1) is 0 Å². The van der Waals surface area contributed by atoms with E-state index in [0.29, 0.717) is 50.3 Å². The lowest BCUT2D eigenvalue weighted by atomic mass is 9.82. The average Bonchev–Trinajstić information content (AvgIpc) is 3.80. The molecule has 0 fully saturated rings. The Kier molecular flexibility index (Phi) is 9.19. The molecule has 63 heavy (non-hydrogen) atoms. The third kappa shape index (κ3) is 6.04. The summed E-state index contributed by atoms with van der Waals surface area (Å²) in [5, 5.41) is 37.7. The van der Waals surface area contributed by atoms with Gasteiger partial charge in [-0.1, -0.05) is 126 Å². The second-order valence-electron chi connectivity index (χ2n) is 16.7. The molecule has 0 aliphatic heterocycles. The maximum absolute atomic E-state index is 11.8. The Morgan fingerprint density at radius 1 is 0.460 bits per heavy atom. The van der Waals surface area contributed by atoms with Gasteiger partial charge in [0.2, 0.25) is 0 Å². The average molecular weight is 808 g/mol. The van der Waals surface area contributed by atoms with Crippen molar-refractivity contribution in [1.82, 2.24) is 9.13 Å². The molecule has 5 nitrogen and oxygen atoms in total. The fraction of sp³-hybridized carbons (Fsp3) is 0.0862. The third-order valence-electron chi connectivity index (χ3n) is 12.6. The van der Waals surface area contributed by atoms with Crippen LogP contribution in [0.25, 0.3) is 82.8 Å². The third-order valence-corrected chi connectivity index (χ3v) is 12.6. The number of benzene rings is 8. The Hall–Kier alpha value is -8.43. The van der Waals surface area contributed by atoms with Crippen LogP contribution in [0.15, 0.2) is 152 Å². The van der Waals surface area contributed by atoms with E-state index in [4.69, 9.17) is 6.58 Å². The number of hydrogen-bond acceptors (Lipinski definition) is 3. The highest BCUT2D eigenvalue weighted by Gasteiger charge is 2.33. The lowest BCUT2D eigenvalue weighted by Crippen LogP contribution is -2.13. The summed E-state index contributed by atoms with van der Waals surface area (Å²) >= 11 is 0. The van der Waals surface area contributed by atoms with Gasteiger partial charge in [0.1, 0.15) is 12.1 Å². The molecular weight excluding hydrogens is 767 g/mol. The van der Waals surface area contributed by atoms with Crippen LogP contribution in [0.3, 0.4) is 0 Å². The number of nitriles is 3. The van der Waals surface area contributed by atoms with Crippen molar-refractivity contribution in [3.05, 3.63) is 208 Å². The van der Waals surface area contributed by atoms with Crippen LogP contribution in [0.4, 0.5) is 0 Å². The lowest BCUT2D eigenvalue weighted by molar-refractivity contribution is 1.08. The first-order chi connectivity index (χ1) is 30.6. The van der Waals surface area contributed by atoms with Crippen LogP contribution in [0, 0.1) is 68.6 Å². The fourth-order valence-electron chi connectivity index (χ4n) is 9.63. The Morgan fingerprint density at radius 3 is 1.52 bits per heavy atom. The molecule has 0 unspecified atom stereocenters. The summed E-state index contributed by atoms with van der Waals surface area (Å²) in [6.07, 6.45) is 0. The van der Waals surface area contributed by atoms with Gasteiger partial charge in [0.15, 0.2) is 0 Å². The smallest absolute Gasteiger partial charge is 0.102 e. The molecule has 0 saturated carbocycles. The van der Waals surface area contributed by atoms with Crippen molar-refractivity contribution >= 4 is 49.2 Å². The van der Waals surface area contributed by atoms with Crippen molar-refractivity contribution in [3.8, 4) is 51.8 Å². The number of nitrogens with zero attached hydrogens (tertiary/aromatic N) is 5. The quantitative estimate of drug-likeness (QED) is 0.168. The summed E-state index contributed by atoms with van der Waals surface area (Å²) in [4.78, 5) is 0. The number of hydrogen-bond donors (Lipinski definition) is 0. The Bertz CT molecular complexity index is 3610. The molecule has 0 aliphatic rings. The van der Waals surface area contributed by atoms with Crippen LogP contribution in [0.1, 0.15) is 55.6 Å². The first kappa shape index (κ1) is 38.8. The second-order valence-corrected chi connectivity index (χ2v) is 16.7. The van der Waals surface area contributed by atoms with Gasteiger partial charge >= 0.3 is 0 Å². The van der Waals surface area contributed by atoms with Crippen molar-refractivity contribution in [2.45, 2.75) is 34.6 Å². The Morgan fingerprint density at radius 2 is 0.952 bits per heavy atom. The summed E-state index contributed by atoms with van der Waals surface area (Å²) in [5.41, 5.74) is 17.1. The van der Waals surface area contributed by atoms with Gasteiger partial charge in [-0.25, -0.2) is 0 Å². The highest BCUT2D eigenvalue weighted by Crippen LogP contribution is 2.49. The SMILES string of the molecule is C=C(c1ccc(C)cc1-c1cc(C)ccc1C)c1c(C#N)c(-c2ccc(C#N)cc2)c(C#N)c(-n2c3ccc(C)cc3c3cc(C)ccc32)c1-n1c2ccccc2c2ccccc21. The molecular formula is C58H41N5. The van der Waals surface area contributed by atoms with E-state index in [1.807, 2.05) is 24.3 Å². The molecule has 2 heterocycles. The van der Waals surface area contributed by atoms with E-state index in [0.717, 1.165) is 88.1 Å². The highest BCUT2D eigenvalue weighted by atomic mass is 15.1. The summed E-state index contributed by atoms with van der Waals surface area (Å²) in [6.45, 7) is 15.5. The van der Waals surface area contributed by atoms with Crippen LogP contribution < -0.4 is 0 Å². The van der Waals surface area contributed by atoms with Crippen LogP contribution in [-0.2, 0) is 0 Å². The molecule has 5 heteroatoms. The van der Waals surface area contributed by atoms with Crippen molar-refractivity contribution in [2.24, 2.45) is 0 Å². The minimum Gasteiger partial charge on any atom is -0.306 e. The van der Waals surface area contributed by atoms with Gasteiger partial charge < -0.3 is 9.13 Å². The second kappa shape index (κ2) is 14.9. The summed E-state index contributed by atoms with van der Waals surface area (Å²) in [5.74, 6) is 0. The molecule has 298 valence electrons. The van der Waals surface area contributed by atoms with Gasteiger partial charge in [0.25, 0.3) is 0 Å². The maximum atomic E-state index is 11.8. The number of fused-ring (bicyclic) bond motifs is 6. The first-order valence-electron chi connectivity index (χ1n) is 21.0. The van der Waals surface area contributed by atoms with Crippen molar-refractivity contribution in [3.63, 3.8) is 0 Å². The van der Waals surface area contributed by atoms with Gasteiger partial charge in [-0.2, -0.15) is 15.8 Å². The predicted octanol–water partition coefficient (Wildman–Crippen LogP) is 14.4. The largest absolute Gasteiger partial charge is 0.306 e. The molecule has 2 aromatic heterocycles. The molecule has 10 rings (SSSR count). The van der Waals surface area contributed by atoms with Crippen molar-refractivity contribution < 1.29 is 0 Å². The van der Waals surface area contributed by atoms with Crippen LogP contribution in [0.5, 0.6) is 0 Å². The lowest BCUT2D eigenvalue weighted by Gasteiger charge is -2.27. The molecule has 10 aromatic rings. The van der Waals surface area contributed by atoms with Gasteiger partial charge in [-0.05, 0) is 117 Å². The Balaban J connectivity index is 1.50. The number of para-hydroxylation sites is 2. The van der Waals surface area contributed by atoms with Crippen molar-refractivity contribution in [2.75, 3.05) is 0 Å². The van der Waals surface area contributed by atoms with Gasteiger partial charge in [0.05, 0.1) is 56.2 Å². The molecule has 0 bridgehead atoms.